The number of hydrogen-bond acceptors (Lipinski definition) is 3. The number of fused-ring (bicyclic) bond motifs is 1. The van der Waals surface area contributed by atoms with Gasteiger partial charge in [0, 0.05) is 34.7 Å². The first-order chi connectivity index (χ1) is 13.8. The third kappa shape index (κ3) is 4.18. The van der Waals surface area contributed by atoms with Crippen molar-refractivity contribution in [2.75, 3.05) is 36.5 Å². The summed E-state index contributed by atoms with van der Waals surface area (Å²) >= 11 is 5.94. The van der Waals surface area contributed by atoms with Crippen LogP contribution in [0.2, 0.25) is 5.02 Å². The van der Waals surface area contributed by atoms with E-state index < -0.39 is 17.6 Å². The van der Waals surface area contributed by atoms with E-state index in [1.807, 2.05) is 4.90 Å². The number of benzene rings is 2. The Morgan fingerprint density at radius 2 is 1.86 bits per heavy atom. The zero-order chi connectivity index (χ0) is 20.6. The molecule has 0 saturated carbocycles. The van der Waals surface area contributed by atoms with Crippen molar-refractivity contribution in [2.45, 2.75) is 6.18 Å². The third-order valence-corrected chi connectivity index (χ3v) is 5.00. The maximum atomic E-state index is 13.6. The summed E-state index contributed by atoms with van der Waals surface area (Å²) in [7, 11) is 0. The molecular formula is C20H17ClF3N3O2. The van der Waals surface area contributed by atoms with Gasteiger partial charge in [0.05, 0.1) is 24.5 Å². The van der Waals surface area contributed by atoms with Gasteiger partial charge in [-0.25, -0.2) is 0 Å². The highest BCUT2D eigenvalue weighted by Crippen LogP contribution is 2.37. The number of rotatable bonds is 3. The number of nitrogens with one attached hydrogen (secondary N) is 2. The van der Waals surface area contributed by atoms with Gasteiger partial charge < -0.3 is 19.9 Å². The van der Waals surface area contributed by atoms with Crippen LogP contribution in [-0.4, -0.2) is 37.2 Å². The van der Waals surface area contributed by atoms with E-state index in [2.05, 4.69) is 10.3 Å². The molecule has 0 bridgehead atoms. The lowest BCUT2D eigenvalue weighted by molar-refractivity contribution is -0.136. The summed E-state index contributed by atoms with van der Waals surface area (Å²) < 4.78 is 46.2. The molecule has 0 aliphatic carbocycles. The lowest BCUT2D eigenvalue weighted by atomic mass is 10.1. The standard InChI is InChI=1S/C20H17ClF3N3O2/c21-13-1-3-16-12(9-13)10-18(25-16)19(28)26-17-4-2-14(11-15(17)20(22,23)24)27-5-7-29-8-6-27/h1-4,9-11,25H,5-8H2,(H,26,28). The molecule has 9 heteroatoms. The summed E-state index contributed by atoms with van der Waals surface area (Å²) in [5.41, 5.74) is 0.0648. The minimum absolute atomic E-state index is 0.146. The molecule has 29 heavy (non-hydrogen) atoms. The topological polar surface area (TPSA) is 57.4 Å². The van der Waals surface area contributed by atoms with E-state index in [-0.39, 0.29) is 11.4 Å². The predicted molar refractivity (Wildman–Crippen MR) is 106 cm³/mol. The second-order valence-corrected chi connectivity index (χ2v) is 7.13. The molecule has 2 N–H and O–H groups in total. The van der Waals surface area contributed by atoms with E-state index in [0.717, 1.165) is 6.07 Å². The van der Waals surface area contributed by atoms with Crippen LogP contribution in [0.1, 0.15) is 16.1 Å². The fraction of sp³-hybridized carbons (Fsp3) is 0.250. The normalized spacial score (nSPS) is 15.0. The van der Waals surface area contributed by atoms with Crippen LogP contribution in [0.3, 0.4) is 0 Å². The molecule has 4 rings (SSSR count). The number of alkyl halides is 3. The Kier molecular flexibility index (Phi) is 5.14. The van der Waals surface area contributed by atoms with Crippen molar-refractivity contribution in [3.05, 3.63) is 58.7 Å². The Morgan fingerprint density at radius 1 is 1.10 bits per heavy atom. The van der Waals surface area contributed by atoms with E-state index >= 15 is 0 Å². The molecule has 1 aliphatic rings. The van der Waals surface area contributed by atoms with Gasteiger partial charge in [-0.3, -0.25) is 4.79 Å². The molecule has 1 aliphatic heterocycles. The number of carbonyl (C=O) groups excluding carboxylic acids is 1. The van der Waals surface area contributed by atoms with Crippen LogP contribution in [-0.2, 0) is 10.9 Å². The monoisotopic (exact) mass is 423 g/mol. The predicted octanol–water partition coefficient (Wildman–Crippen LogP) is 4.93. The van der Waals surface area contributed by atoms with Crippen LogP contribution in [0, 0.1) is 0 Å². The summed E-state index contributed by atoms with van der Waals surface area (Å²) in [5.74, 6) is -0.665. The second kappa shape index (κ2) is 7.61. The maximum absolute atomic E-state index is 13.6. The Bertz CT molecular complexity index is 1060. The van der Waals surface area contributed by atoms with Crippen molar-refractivity contribution in [1.82, 2.24) is 4.98 Å². The highest BCUT2D eigenvalue weighted by Gasteiger charge is 2.35. The number of aromatic amines is 1. The van der Waals surface area contributed by atoms with E-state index in [0.29, 0.717) is 47.9 Å². The lowest BCUT2D eigenvalue weighted by Gasteiger charge is -2.29. The molecular weight excluding hydrogens is 407 g/mol. The number of carbonyl (C=O) groups is 1. The summed E-state index contributed by atoms with van der Waals surface area (Å²) in [4.78, 5) is 17.3. The average molecular weight is 424 g/mol. The largest absolute Gasteiger partial charge is 0.418 e. The smallest absolute Gasteiger partial charge is 0.378 e. The van der Waals surface area contributed by atoms with E-state index in [1.165, 1.54) is 6.07 Å². The number of hydrogen-bond donors (Lipinski definition) is 2. The highest BCUT2D eigenvalue weighted by molar-refractivity contribution is 6.31. The van der Waals surface area contributed by atoms with Crippen LogP contribution in [0.25, 0.3) is 10.9 Å². The van der Waals surface area contributed by atoms with Crippen LogP contribution in [0.4, 0.5) is 24.5 Å². The number of ether oxygens (including phenoxy) is 1. The van der Waals surface area contributed by atoms with Crippen molar-refractivity contribution < 1.29 is 22.7 Å². The number of aromatic nitrogens is 1. The van der Waals surface area contributed by atoms with Crippen molar-refractivity contribution in [2.24, 2.45) is 0 Å². The third-order valence-electron chi connectivity index (χ3n) is 4.76. The highest BCUT2D eigenvalue weighted by atomic mass is 35.5. The zero-order valence-electron chi connectivity index (χ0n) is 15.1. The molecule has 0 unspecified atom stereocenters. The molecule has 1 aromatic heterocycles. The van der Waals surface area contributed by atoms with Gasteiger partial charge in [0.25, 0.3) is 5.91 Å². The zero-order valence-corrected chi connectivity index (χ0v) is 15.9. The van der Waals surface area contributed by atoms with Gasteiger partial charge in [-0.2, -0.15) is 13.2 Å². The summed E-state index contributed by atoms with van der Waals surface area (Å²) in [6.07, 6.45) is -4.61. The number of nitrogens with zero attached hydrogens (tertiary/aromatic N) is 1. The molecule has 1 amide bonds. The second-order valence-electron chi connectivity index (χ2n) is 6.70. The van der Waals surface area contributed by atoms with Gasteiger partial charge in [0.1, 0.15) is 5.69 Å². The molecule has 0 atom stereocenters. The summed E-state index contributed by atoms with van der Waals surface area (Å²) in [5, 5.41) is 3.57. The Labute approximate surface area is 169 Å². The van der Waals surface area contributed by atoms with Gasteiger partial charge in [0.2, 0.25) is 0 Å². The van der Waals surface area contributed by atoms with Crippen LogP contribution >= 0.6 is 11.6 Å². The molecule has 5 nitrogen and oxygen atoms in total. The fourth-order valence-corrected chi connectivity index (χ4v) is 3.49. The van der Waals surface area contributed by atoms with Crippen LogP contribution < -0.4 is 10.2 Å². The maximum Gasteiger partial charge on any atom is 0.418 e. The molecule has 2 aromatic carbocycles. The van der Waals surface area contributed by atoms with E-state index in [4.69, 9.17) is 16.3 Å². The van der Waals surface area contributed by atoms with Gasteiger partial charge in [-0.15, -0.1) is 0 Å². The van der Waals surface area contributed by atoms with Crippen molar-refractivity contribution in [3.8, 4) is 0 Å². The SMILES string of the molecule is O=C(Nc1ccc(N2CCOCC2)cc1C(F)(F)F)c1cc2cc(Cl)ccc2[nH]1. The molecule has 152 valence electrons. The quantitative estimate of drug-likeness (QED) is 0.628. The number of anilines is 2. The first kappa shape index (κ1) is 19.6. The van der Waals surface area contributed by atoms with E-state index in [9.17, 15) is 18.0 Å². The Balaban J connectivity index is 1.63. The first-order valence-electron chi connectivity index (χ1n) is 8.95. The Hall–Kier alpha value is -2.71. The van der Waals surface area contributed by atoms with Gasteiger partial charge in [-0.05, 0) is 42.5 Å². The molecule has 1 saturated heterocycles. The van der Waals surface area contributed by atoms with Crippen molar-refractivity contribution >= 4 is 39.8 Å². The Morgan fingerprint density at radius 3 is 2.59 bits per heavy atom. The molecule has 1 fully saturated rings. The number of H-pyrrole nitrogens is 1. The minimum Gasteiger partial charge on any atom is -0.378 e. The van der Waals surface area contributed by atoms with Gasteiger partial charge >= 0.3 is 6.18 Å². The van der Waals surface area contributed by atoms with Gasteiger partial charge in [0.15, 0.2) is 0 Å². The molecule has 0 radical (unpaired) electrons. The van der Waals surface area contributed by atoms with E-state index in [1.54, 1.807) is 30.3 Å². The minimum atomic E-state index is -4.61. The molecule has 2 heterocycles. The van der Waals surface area contributed by atoms with Crippen molar-refractivity contribution in [3.63, 3.8) is 0 Å². The molecule has 0 spiro atoms. The fourth-order valence-electron chi connectivity index (χ4n) is 3.31. The summed E-state index contributed by atoms with van der Waals surface area (Å²) in [6, 6.07) is 10.5. The average Bonchev–Trinajstić information content (AvgIpc) is 3.11. The van der Waals surface area contributed by atoms with Gasteiger partial charge in [-0.1, -0.05) is 11.6 Å². The number of amides is 1. The van der Waals surface area contributed by atoms with Crippen LogP contribution in [0.15, 0.2) is 42.5 Å². The van der Waals surface area contributed by atoms with Crippen LogP contribution in [0.5, 0.6) is 0 Å². The number of halogens is 4. The summed E-state index contributed by atoms with van der Waals surface area (Å²) in [6.45, 7) is 1.95. The number of morpholine rings is 1. The first-order valence-corrected chi connectivity index (χ1v) is 9.32. The van der Waals surface area contributed by atoms with Crippen molar-refractivity contribution in [1.29, 1.82) is 0 Å². The lowest BCUT2D eigenvalue weighted by Crippen LogP contribution is -2.36. The molecule has 3 aromatic rings.